The third-order valence-electron chi connectivity index (χ3n) is 7.31. The summed E-state index contributed by atoms with van der Waals surface area (Å²) in [4.78, 5) is 27.3. The van der Waals surface area contributed by atoms with Gasteiger partial charge in [-0.1, -0.05) is 33.1 Å². The van der Waals surface area contributed by atoms with Crippen LogP contribution in [0.15, 0.2) is 72.8 Å². The van der Waals surface area contributed by atoms with Crippen molar-refractivity contribution < 1.29 is 19.1 Å². The molecule has 3 amide bonds. The van der Waals surface area contributed by atoms with Crippen LogP contribution >= 0.6 is 0 Å². The van der Waals surface area contributed by atoms with Gasteiger partial charge in [0.15, 0.2) is 0 Å². The Labute approximate surface area is 249 Å². The Morgan fingerprint density at radius 2 is 1.31 bits per heavy atom. The number of rotatable bonds is 14. The molecule has 0 atom stereocenters. The molecule has 0 spiro atoms. The molecular weight excluding hydrogens is 528 g/mol. The van der Waals surface area contributed by atoms with E-state index in [1.165, 1.54) is 19.4 Å². The zero-order chi connectivity index (χ0) is 29.6. The van der Waals surface area contributed by atoms with Crippen LogP contribution < -0.4 is 25.4 Å². The van der Waals surface area contributed by atoms with Gasteiger partial charge in [0.1, 0.15) is 23.4 Å². The standard InChI is InChI=1S/C34H44N4O4/c1-3-5-7-22-35-34(40)37-28-12-18-31(19-13-28)41-30-16-10-27(11-17-30)36-33(39)26-8-14-29(15-9-26)42-32-20-24-38(25-21-32)23-6-4-2/h8-19,32H,3-7,20-25H2,1-2H3,(H,36,39)(H2,35,37,40). The van der Waals surface area contributed by atoms with E-state index in [0.717, 1.165) is 50.9 Å². The van der Waals surface area contributed by atoms with Gasteiger partial charge in [0.2, 0.25) is 0 Å². The van der Waals surface area contributed by atoms with Crippen molar-refractivity contribution in [2.75, 3.05) is 36.8 Å². The molecule has 1 fully saturated rings. The van der Waals surface area contributed by atoms with Crippen molar-refractivity contribution in [1.82, 2.24) is 10.2 Å². The fourth-order valence-corrected chi connectivity index (χ4v) is 4.81. The highest BCUT2D eigenvalue weighted by Gasteiger charge is 2.20. The van der Waals surface area contributed by atoms with E-state index >= 15 is 0 Å². The van der Waals surface area contributed by atoms with Crippen LogP contribution in [0.1, 0.15) is 69.2 Å². The topological polar surface area (TPSA) is 91.9 Å². The molecule has 3 aromatic rings. The van der Waals surface area contributed by atoms with Crippen LogP contribution in [0, 0.1) is 0 Å². The third kappa shape index (κ3) is 10.1. The predicted octanol–water partition coefficient (Wildman–Crippen LogP) is 7.69. The Balaban J connectivity index is 1.20. The van der Waals surface area contributed by atoms with E-state index in [9.17, 15) is 9.59 Å². The first-order valence-electron chi connectivity index (χ1n) is 15.3. The van der Waals surface area contributed by atoms with Crippen molar-refractivity contribution in [3.63, 3.8) is 0 Å². The fourth-order valence-electron chi connectivity index (χ4n) is 4.81. The monoisotopic (exact) mass is 572 g/mol. The zero-order valence-electron chi connectivity index (χ0n) is 24.9. The second kappa shape index (κ2) is 16.4. The summed E-state index contributed by atoms with van der Waals surface area (Å²) in [5, 5.41) is 8.61. The lowest BCUT2D eigenvalue weighted by Crippen LogP contribution is -2.38. The van der Waals surface area contributed by atoms with E-state index in [-0.39, 0.29) is 18.0 Å². The van der Waals surface area contributed by atoms with E-state index < -0.39 is 0 Å². The number of anilines is 2. The van der Waals surface area contributed by atoms with Crippen molar-refractivity contribution in [2.24, 2.45) is 0 Å². The number of hydrogen-bond donors (Lipinski definition) is 3. The largest absolute Gasteiger partial charge is 0.490 e. The summed E-state index contributed by atoms with van der Waals surface area (Å²) in [7, 11) is 0. The number of likely N-dealkylation sites (tertiary alicyclic amines) is 1. The molecule has 8 heteroatoms. The number of ether oxygens (including phenoxy) is 2. The number of hydrogen-bond acceptors (Lipinski definition) is 5. The molecule has 1 aliphatic rings. The average molecular weight is 573 g/mol. The summed E-state index contributed by atoms with van der Waals surface area (Å²) < 4.78 is 12.1. The van der Waals surface area contributed by atoms with Crippen molar-refractivity contribution in [1.29, 1.82) is 0 Å². The Kier molecular flexibility index (Phi) is 12.1. The molecule has 0 unspecified atom stereocenters. The van der Waals surface area contributed by atoms with Crippen LogP contribution in [0.5, 0.6) is 17.2 Å². The maximum absolute atomic E-state index is 12.8. The van der Waals surface area contributed by atoms with E-state index in [1.54, 1.807) is 60.7 Å². The lowest BCUT2D eigenvalue weighted by atomic mass is 10.1. The minimum Gasteiger partial charge on any atom is -0.490 e. The first kappa shape index (κ1) is 30.9. The van der Waals surface area contributed by atoms with Gasteiger partial charge in [-0.15, -0.1) is 0 Å². The second-order valence-electron chi connectivity index (χ2n) is 10.7. The molecule has 3 aromatic carbocycles. The number of amides is 3. The molecule has 1 heterocycles. The number of urea groups is 1. The van der Waals surface area contributed by atoms with Gasteiger partial charge < -0.3 is 30.3 Å². The number of nitrogens with zero attached hydrogens (tertiary/aromatic N) is 1. The van der Waals surface area contributed by atoms with Crippen molar-refractivity contribution >= 4 is 23.3 Å². The number of carbonyl (C=O) groups excluding carboxylic acids is 2. The smallest absolute Gasteiger partial charge is 0.319 e. The first-order valence-corrected chi connectivity index (χ1v) is 15.3. The van der Waals surface area contributed by atoms with Gasteiger partial charge in [0.05, 0.1) is 0 Å². The van der Waals surface area contributed by atoms with Crippen molar-refractivity contribution in [3.05, 3.63) is 78.4 Å². The van der Waals surface area contributed by atoms with Crippen molar-refractivity contribution in [3.8, 4) is 17.2 Å². The molecule has 224 valence electrons. The first-order chi connectivity index (χ1) is 20.5. The molecule has 0 bridgehead atoms. The van der Waals surface area contributed by atoms with Gasteiger partial charge in [-0.3, -0.25) is 4.79 Å². The van der Waals surface area contributed by atoms with Crippen LogP contribution in [-0.2, 0) is 0 Å². The molecule has 42 heavy (non-hydrogen) atoms. The quantitative estimate of drug-likeness (QED) is 0.172. The van der Waals surface area contributed by atoms with Gasteiger partial charge >= 0.3 is 6.03 Å². The van der Waals surface area contributed by atoms with E-state index in [0.29, 0.717) is 35.0 Å². The summed E-state index contributed by atoms with van der Waals surface area (Å²) in [5.74, 6) is 1.90. The number of benzene rings is 3. The summed E-state index contributed by atoms with van der Waals surface area (Å²) in [5.41, 5.74) is 1.93. The Morgan fingerprint density at radius 3 is 1.90 bits per heavy atom. The van der Waals surface area contributed by atoms with Gasteiger partial charge in [-0.25, -0.2) is 4.79 Å². The Hall–Kier alpha value is -4.04. The highest BCUT2D eigenvalue weighted by Crippen LogP contribution is 2.25. The molecule has 0 aromatic heterocycles. The van der Waals surface area contributed by atoms with Gasteiger partial charge in [-0.05, 0) is 105 Å². The molecule has 1 aliphatic heterocycles. The van der Waals surface area contributed by atoms with Gasteiger partial charge in [0.25, 0.3) is 5.91 Å². The van der Waals surface area contributed by atoms with Gasteiger partial charge in [-0.2, -0.15) is 0 Å². The van der Waals surface area contributed by atoms with Crippen LogP contribution in [0.4, 0.5) is 16.2 Å². The van der Waals surface area contributed by atoms with E-state index in [4.69, 9.17) is 9.47 Å². The highest BCUT2D eigenvalue weighted by molar-refractivity contribution is 6.04. The van der Waals surface area contributed by atoms with Crippen molar-refractivity contribution in [2.45, 2.75) is 64.9 Å². The van der Waals surface area contributed by atoms with Crippen LogP contribution in [0.3, 0.4) is 0 Å². The molecule has 8 nitrogen and oxygen atoms in total. The lowest BCUT2D eigenvalue weighted by molar-refractivity contribution is 0.0996. The summed E-state index contributed by atoms with van der Waals surface area (Å²) in [6.45, 7) is 8.36. The molecule has 0 radical (unpaired) electrons. The minimum atomic E-state index is -0.213. The maximum Gasteiger partial charge on any atom is 0.319 e. The predicted molar refractivity (Wildman–Crippen MR) is 169 cm³/mol. The number of nitrogens with one attached hydrogen (secondary N) is 3. The van der Waals surface area contributed by atoms with Gasteiger partial charge in [0, 0.05) is 36.6 Å². The van der Waals surface area contributed by atoms with Crippen LogP contribution in [-0.4, -0.2) is 49.1 Å². The maximum atomic E-state index is 12.8. The molecular formula is C34H44N4O4. The minimum absolute atomic E-state index is 0.183. The fraction of sp³-hybridized carbons (Fsp3) is 0.412. The molecule has 3 N–H and O–H groups in total. The number of carbonyl (C=O) groups is 2. The SMILES string of the molecule is CCCCCNC(=O)Nc1ccc(Oc2ccc(NC(=O)c3ccc(OC4CCN(CCCC)CC4)cc3)cc2)cc1. The van der Waals surface area contributed by atoms with Crippen LogP contribution in [0.2, 0.25) is 0 Å². The Bertz CT molecular complexity index is 1240. The summed E-state index contributed by atoms with van der Waals surface area (Å²) in [6, 6.07) is 21.5. The summed E-state index contributed by atoms with van der Waals surface area (Å²) >= 11 is 0. The zero-order valence-corrected chi connectivity index (χ0v) is 24.9. The molecule has 0 saturated carbocycles. The van der Waals surface area contributed by atoms with E-state index in [2.05, 4.69) is 34.7 Å². The summed E-state index contributed by atoms with van der Waals surface area (Å²) in [6.07, 6.45) is 7.96. The number of piperidine rings is 1. The van der Waals surface area contributed by atoms with Crippen LogP contribution in [0.25, 0.3) is 0 Å². The third-order valence-corrected chi connectivity index (χ3v) is 7.31. The Morgan fingerprint density at radius 1 is 0.738 bits per heavy atom. The highest BCUT2D eigenvalue weighted by atomic mass is 16.5. The second-order valence-corrected chi connectivity index (χ2v) is 10.7. The normalized spacial score (nSPS) is 13.8. The average Bonchev–Trinajstić information content (AvgIpc) is 3.01. The lowest BCUT2D eigenvalue weighted by Gasteiger charge is -2.32. The van der Waals surface area contributed by atoms with E-state index in [1.807, 2.05) is 12.1 Å². The molecule has 0 aliphatic carbocycles. The molecule has 4 rings (SSSR count). The number of unbranched alkanes of at least 4 members (excludes halogenated alkanes) is 3. The molecule has 1 saturated heterocycles.